The molecule has 0 atom stereocenters. The number of pyridine rings is 1. The van der Waals surface area contributed by atoms with Gasteiger partial charge in [0.2, 0.25) is 0 Å². The molecule has 0 saturated heterocycles. The molecule has 1 aliphatic carbocycles. The molecule has 1 saturated carbocycles. The molecule has 0 radical (unpaired) electrons. The van der Waals surface area contributed by atoms with Crippen LogP contribution in [0.1, 0.15) is 29.9 Å². The molecule has 0 amide bonds. The van der Waals surface area contributed by atoms with Crippen LogP contribution in [0.5, 0.6) is 5.75 Å². The molecule has 0 N–H and O–H groups in total. The predicted molar refractivity (Wildman–Crippen MR) is 77.0 cm³/mol. The first-order valence-corrected chi connectivity index (χ1v) is 7.36. The average molecular weight is 346 g/mol. The summed E-state index contributed by atoms with van der Waals surface area (Å²) >= 11 is 5.55. The van der Waals surface area contributed by atoms with E-state index in [-0.39, 0.29) is 23.6 Å². The molecule has 0 bridgehead atoms. The molecule has 23 heavy (non-hydrogen) atoms. The lowest BCUT2D eigenvalue weighted by molar-refractivity contribution is -0.139. The predicted octanol–water partition coefficient (Wildman–Crippen LogP) is 5.22. The van der Waals surface area contributed by atoms with Gasteiger partial charge < -0.3 is 4.74 Å². The van der Waals surface area contributed by atoms with Crippen molar-refractivity contribution < 1.29 is 22.3 Å². The number of hydrogen-bond acceptors (Lipinski definition) is 2. The van der Waals surface area contributed by atoms with Crippen LogP contribution in [0.3, 0.4) is 0 Å². The van der Waals surface area contributed by atoms with Gasteiger partial charge in [-0.05, 0) is 42.5 Å². The summed E-state index contributed by atoms with van der Waals surface area (Å²) in [5, 5.41) is -0.621. The van der Waals surface area contributed by atoms with Gasteiger partial charge in [0.05, 0.1) is 6.10 Å². The van der Waals surface area contributed by atoms with Gasteiger partial charge in [-0.1, -0.05) is 23.7 Å². The van der Waals surface area contributed by atoms with Gasteiger partial charge in [0.25, 0.3) is 0 Å². The first kappa shape index (κ1) is 16.1. The van der Waals surface area contributed by atoms with Gasteiger partial charge >= 0.3 is 6.18 Å². The largest absolute Gasteiger partial charge is 0.490 e. The second-order valence-corrected chi connectivity index (χ2v) is 5.79. The molecule has 0 unspecified atom stereocenters. The summed E-state index contributed by atoms with van der Waals surface area (Å²) < 4.78 is 57.4. The van der Waals surface area contributed by atoms with Crippen molar-refractivity contribution in [3.8, 4) is 5.75 Å². The van der Waals surface area contributed by atoms with E-state index in [0.29, 0.717) is 12.8 Å². The zero-order valence-corrected chi connectivity index (χ0v) is 12.5. The van der Waals surface area contributed by atoms with Crippen LogP contribution in [-0.2, 0) is 6.18 Å². The van der Waals surface area contributed by atoms with E-state index in [0.717, 1.165) is 5.56 Å². The number of alkyl halides is 3. The van der Waals surface area contributed by atoms with Crippen LogP contribution in [0.25, 0.3) is 0 Å². The van der Waals surface area contributed by atoms with Crippen LogP contribution < -0.4 is 4.74 Å². The van der Waals surface area contributed by atoms with Crippen LogP contribution in [0.15, 0.2) is 36.5 Å². The molecule has 1 fully saturated rings. The van der Waals surface area contributed by atoms with Gasteiger partial charge in [-0.15, -0.1) is 0 Å². The van der Waals surface area contributed by atoms with Crippen molar-refractivity contribution in [2.45, 2.75) is 31.0 Å². The number of rotatable bonds is 3. The molecule has 122 valence electrons. The van der Waals surface area contributed by atoms with Crippen molar-refractivity contribution in [2.75, 3.05) is 0 Å². The molecule has 1 aliphatic rings. The lowest BCUT2D eigenvalue weighted by Gasteiger charge is -2.36. The fraction of sp³-hybridized carbons (Fsp3) is 0.312. The van der Waals surface area contributed by atoms with Gasteiger partial charge in [-0.25, -0.2) is 9.37 Å². The molecule has 0 spiro atoms. The third-order valence-corrected chi connectivity index (χ3v) is 4.17. The zero-order valence-electron chi connectivity index (χ0n) is 11.8. The normalized spacial score (nSPS) is 20.9. The van der Waals surface area contributed by atoms with Crippen LogP contribution in [0, 0.1) is 5.82 Å². The minimum atomic E-state index is -4.62. The average Bonchev–Trinajstić information content (AvgIpc) is 2.42. The van der Waals surface area contributed by atoms with E-state index in [2.05, 4.69) is 4.98 Å². The van der Waals surface area contributed by atoms with Crippen molar-refractivity contribution in [2.24, 2.45) is 0 Å². The van der Waals surface area contributed by atoms with Crippen molar-refractivity contribution in [3.05, 3.63) is 58.6 Å². The van der Waals surface area contributed by atoms with Gasteiger partial charge in [-0.2, -0.15) is 13.2 Å². The first-order valence-electron chi connectivity index (χ1n) is 6.98. The quantitative estimate of drug-likeness (QED) is 0.562. The molecule has 7 heteroatoms. The lowest BCUT2D eigenvalue weighted by Crippen LogP contribution is -2.33. The Morgan fingerprint density at radius 1 is 1.09 bits per heavy atom. The van der Waals surface area contributed by atoms with Gasteiger partial charge in [-0.3, -0.25) is 0 Å². The monoisotopic (exact) mass is 345 g/mol. The number of hydrogen-bond donors (Lipinski definition) is 0. The number of aromatic nitrogens is 1. The zero-order chi connectivity index (χ0) is 16.6. The fourth-order valence-electron chi connectivity index (χ4n) is 2.62. The topological polar surface area (TPSA) is 22.1 Å². The Morgan fingerprint density at radius 3 is 2.35 bits per heavy atom. The van der Waals surface area contributed by atoms with Crippen molar-refractivity contribution >= 4 is 11.6 Å². The highest BCUT2D eigenvalue weighted by molar-refractivity contribution is 6.30. The number of ether oxygens (including phenoxy) is 1. The Morgan fingerprint density at radius 2 is 1.74 bits per heavy atom. The molecular weight excluding hydrogens is 334 g/mol. The fourth-order valence-corrected chi connectivity index (χ4v) is 2.88. The highest BCUT2D eigenvalue weighted by Crippen LogP contribution is 2.44. The van der Waals surface area contributed by atoms with Crippen LogP contribution >= 0.6 is 11.6 Å². The molecule has 2 nitrogen and oxygen atoms in total. The summed E-state index contributed by atoms with van der Waals surface area (Å²) in [6, 6.07) is 7.27. The molecular formula is C16H12ClF4NO. The van der Waals surface area contributed by atoms with Crippen molar-refractivity contribution in [3.63, 3.8) is 0 Å². The van der Waals surface area contributed by atoms with Crippen LogP contribution in [0.2, 0.25) is 5.15 Å². The van der Waals surface area contributed by atoms with E-state index in [4.69, 9.17) is 16.3 Å². The maximum atomic E-state index is 13.0. The third-order valence-electron chi connectivity index (χ3n) is 3.88. The Bertz CT molecular complexity index is 696. The second kappa shape index (κ2) is 6.00. The van der Waals surface area contributed by atoms with Crippen molar-refractivity contribution in [1.29, 1.82) is 0 Å². The SMILES string of the molecule is Fc1ccc([C@H]2C[C@H](Oc3ccnc(Cl)c3C(F)(F)F)C2)cc1. The number of benzene rings is 1. The smallest absolute Gasteiger partial charge is 0.422 e. The second-order valence-electron chi connectivity index (χ2n) is 5.43. The molecule has 0 aliphatic heterocycles. The molecule has 3 rings (SSSR count). The Kier molecular flexibility index (Phi) is 4.19. The first-order chi connectivity index (χ1) is 10.8. The minimum Gasteiger partial charge on any atom is -0.490 e. The summed E-state index contributed by atoms with van der Waals surface area (Å²) in [5.41, 5.74) is -0.0954. The summed E-state index contributed by atoms with van der Waals surface area (Å²) in [7, 11) is 0. The molecule has 1 aromatic carbocycles. The van der Waals surface area contributed by atoms with Gasteiger partial charge in [0.15, 0.2) is 0 Å². The summed E-state index contributed by atoms with van der Waals surface area (Å²) in [6.07, 6.45) is -2.63. The maximum Gasteiger partial charge on any atom is 0.422 e. The Labute approximate surface area is 135 Å². The van der Waals surface area contributed by atoms with E-state index in [1.54, 1.807) is 12.1 Å². The molecule has 2 aromatic rings. The number of nitrogens with zero attached hydrogens (tertiary/aromatic N) is 1. The summed E-state index contributed by atoms with van der Waals surface area (Å²) in [4.78, 5) is 3.46. The highest BCUT2D eigenvalue weighted by atomic mass is 35.5. The van der Waals surface area contributed by atoms with Gasteiger partial charge in [0.1, 0.15) is 22.3 Å². The third kappa shape index (κ3) is 3.42. The van der Waals surface area contributed by atoms with E-state index in [1.807, 2.05) is 0 Å². The van der Waals surface area contributed by atoms with E-state index in [1.165, 1.54) is 24.4 Å². The summed E-state index contributed by atoms with van der Waals surface area (Å²) in [5.74, 6) is -0.463. The van der Waals surface area contributed by atoms with Crippen molar-refractivity contribution in [1.82, 2.24) is 4.98 Å². The Balaban J connectivity index is 1.69. The summed E-state index contributed by atoms with van der Waals surface area (Å²) in [6.45, 7) is 0. The minimum absolute atomic E-state index is 0.159. The number of halogens is 5. The van der Waals surface area contributed by atoms with E-state index in [9.17, 15) is 17.6 Å². The van der Waals surface area contributed by atoms with Crippen LogP contribution in [-0.4, -0.2) is 11.1 Å². The van der Waals surface area contributed by atoms with Crippen LogP contribution in [0.4, 0.5) is 17.6 Å². The van der Waals surface area contributed by atoms with E-state index >= 15 is 0 Å². The van der Waals surface area contributed by atoms with Gasteiger partial charge in [0, 0.05) is 6.20 Å². The molecule has 1 aromatic heterocycles. The Hall–Kier alpha value is -1.82. The standard InChI is InChI=1S/C16H12ClF4NO/c17-15-14(16(19,20)21)13(5-6-22-15)23-12-7-10(8-12)9-1-3-11(18)4-2-9/h1-6,10,12H,7-8H2/t10-,12-. The lowest BCUT2D eigenvalue weighted by atomic mass is 9.77. The highest BCUT2D eigenvalue weighted by Gasteiger charge is 2.40. The maximum absolute atomic E-state index is 13.0. The molecule has 1 heterocycles. The van der Waals surface area contributed by atoms with E-state index < -0.39 is 16.9 Å².